The SMILES string of the molecule is COc1ccc(CNc2nc3cc[nH]c3cc2C(F)(F)F)cc1. The molecule has 0 fully saturated rings. The van der Waals surface area contributed by atoms with Crippen LogP contribution < -0.4 is 10.1 Å². The molecule has 0 saturated carbocycles. The molecule has 0 aliphatic carbocycles. The molecular formula is C16H14F3N3O. The van der Waals surface area contributed by atoms with Crippen LogP contribution in [0.1, 0.15) is 11.1 Å². The number of nitrogens with zero attached hydrogens (tertiary/aromatic N) is 1. The summed E-state index contributed by atoms with van der Waals surface area (Å²) in [6, 6.07) is 9.78. The smallest absolute Gasteiger partial charge is 0.420 e. The van der Waals surface area contributed by atoms with Crippen LogP contribution in [0.2, 0.25) is 0 Å². The fraction of sp³-hybridized carbons (Fsp3) is 0.188. The summed E-state index contributed by atoms with van der Waals surface area (Å²) in [5, 5.41) is 2.77. The van der Waals surface area contributed by atoms with E-state index in [1.54, 1.807) is 43.6 Å². The molecule has 2 N–H and O–H groups in total. The Kier molecular flexibility index (Phi) is 3.85. The molecule has 2 aromatic heterocycles. The van der Waals surface area contributed by atoms with Crippen LogP contribution in [-0.2, 0) is 12.7 Å². The van der Waals surface area contributed by atoms with Crippen LogP contribution in [-0.4, -0.2) is 17.1 Å². The Morgan fingerprint density at radius 1 is 1.17 bits per heavy atom. The molecule has 7 heteroatoms. The van der Waals surface area contributed by atoms with Crippen LogP contribution in [0.25, 0.3) is 11.0 Å². The molecular weight excluding hydrogens is 307 g/mol. The lowest BCUT2D eigenvalue weighted by atomic mass is 10.2. The van der Waals surface area contributed by atoms with E-state index in [0.717, 1.165) is 11.6 Å². The molecule has 1 aromatic carbocycles. The topological polar surface area (TPSA) is 49.9 Å². The quantitative estimate of drug-likeness (QED) is 0.757. The third-order valence-electron chi connectivity index (χ3n) is 3.46. The van der Waals surface area contributed by atoms with Crippen molar-refractivity contribution in [3.63, 3.8) is 0 Å². The molecule has 120 valence electrons. The van der Waals surface area contributed by atoms with Gasteiger partial charge in [-0.25, -0.2) is 4.98 Å². The number of nitrogens with one attached hydrogen (secondary N) is 2. The number of H-pyrrole nitrogens is 1. The number of hydrogen-bond donors (Lipinski definition) is 2. The predicted octanol–water partition coefficient (Wildman–Crippen LogP) is 4.20. The second-order valence-corrected chi connectivity index (χ2v) is 4.99. The maximum Gasteiger partial charge on any atom is 0.420 e. The van der Waals surface area contributed by atoms with Gasteiger partial charge in [0, 0.05) is 12.7 Å². The van der Waals surface area contributed by atoms with Crippen molar-refractivity contribution in [1.29, 1.82) is 0 Å². The highest BCUT2D eigenvalue weighted by Crippen LogP contribution is 2.35. The summed E-state index contributed by atoms with van der Waals surface area (Å²) >= 11 is 0. The van der Waals surface area contributed by atoms with Gasteiger partial charge in [-0.15, -0.1) is 0 Å². The number of benzene rings is 1. The first-order valence-corrected chi connectivity index (χ1v) is 6.89. The normalized spacial score (nSPS) is 11.7. The van der Waals surface area contributed by atoms with Gasteiger partial charge in [-0.3, -0.25) is 0 Å². The molecule has 0 bridgehead atoms. The zero-order valence-electron chi connectivity index (χ0n) is 12.2. The van der Waals surface area contributed by atoms with Crippen molar-refractivity contribution >= 4 is 16.9 Å². The fourth-order valence-electron chi connectivity index (χ4n) is 2.26. The number of hydrogen-bond acceptors (Lipinski definition) is 3. The first kappa shape index (κ1) is 15.2. The van der Waals surface area contributed by atoms with E-state index < -0.39 is 11.7 Å². The summed E-state index contributed by atoms with van der Waals surface area (Å²) in [5.41, 5.74) is 0.874. The van der Waals surface area contributed by atoms with Crippen molar-refractivity contribution in [2.24, 2.45) is 0 Å². The summed E-state index contributed by atoms with van der Waals surface area (Å²) in [5.74, 6) is 0.511. The summed E-state index contributed by atoms with van der Waals surface area (Å²) in [6.45, 7) is 0.232. The third-order valence-corrected chi connectivity index (χ3v) is 3.46. The second-order valence-electron chi connectivity index (χ2n) is 4.99. The van der Waals surface area contributed by atoms with Gasteiger partial charge in [0.1, 0.15) is 11.6 Å². The lowest BCUT2D eigenvalue weighted by molar-refractivity contribution is -0.137. The van der Waals surface area contributed by atoms with Crippen molar-refractivity contribution in [3.05, 3.63) is 53.7 Å². The van der Waals surface area contributed by atoms with Gasteiger partial charge in [-0.1, -0.05) is 12.1 Å². The molecule has 3 rings (SSSR count). The number of pyridine rings is 1. The molecule has 2 heterocycles. The van der Waals surface area contributed by atoms with E-state index in [9.17, 15) is 13.2 Å². The van der Waals surface area contributed by atoms with Gasteiger partial charge in [0.05, 0.1) is 23.7 Å². The highest BCUT2D eigenvalue weighted by atomic mass is 19.4. The summed E-state index contributed by atoms with van der Waals surface area (Å²) in [6.07, 6.45) is -2.92. The van der Waals surface area contributed by atoms with Crippen molar-refractivity contribution in [2.45, 2.75) is 12.7 Å². The Morgan fingerprint density at radius 3 is 2.57 bits per heavy atom. The van der Waals surface area contributed by atoms with Crippen molar-refractivity contribution in [2.75, 3.05) is 12.4 Å². The summed E-state index contributed by atoms with van der Waals surface area (Å²) in [7, 11) is 1.55. The molecule has 23 heavy (non-hydrogen) atoms. The number of halogens is 3. The van der Waals surface area contributed by atoms with Gasteiger partial charge < -0.3 is 15.0 Å². The van der Waals surface area contributed by atoms with E-state index in [-0.39, 0.29) is 12.4 Å². The van der Waals surface area contributed by atoms with Gasteiger partial charge in [0.15, 0.2) is 0 Å². The standard InChI is InChI=1S/C16H14F3N3O/c1-23-11-4-2-10(3-5-11)9-21-15-12(16(17,18)19)8-14-13(22-15)6-7-20-14/h2-8,20H,9H2,1H3,(H,21,22). The van der Waals surface area contributed by atoms with Crippen LogP contribution >= 0.6 is 0 Å². The highest BCUT2D eigenvalue weighted by Gasteiger charge is 2.35. The number of fused-ring (bicyclic) bond motifs is 1. The molecule has 3 aromatic rings. The average Bonchev–Trinajstić information content (AvgIpc) is 2.99. The molecule has 0 saturated heterocycles. The maximum atomic E-state index is 13.2. The molecule has 0 atom stereocenters. The molecule has 0 aliphatic heterocycles. The van der Waals surface area contributed by atoms with Crippen molar-refractivity contribution in [1.82, 2.24) is 9.97 Å². The number of aromatic nitrogens is 2. The Hall–Kier alpha value is -2.70. The Labute approximate surface area is 130 Å². The molecule has 0 radical (unpaired) electrons. The first-order valence-electron chi connectivity index (χ1n) is 6.89. The highest BCUT2D eigenvalue weighted by molar-refractivity contribution is 5.78. The Bertz CT molecular complexity index is 810. The molecule has 4 nitrogen and oxygen atoms in total. The minimum atomic E-state index is -4.48. The zero-order chi connectivity index (χ0) is 16.4. The summed E-state index contributed by atoms with van der Waals surface area (Å²) in [4.78, 5) is 6.80. The maximum absolute atomic E-state index is 13.2. The number of methoxy groups -OCH3 is 1. The first-order chi connectivity index (χ1) is 11.0. The zero-order valence-corrected chi connectivity index (χ0v) is 12.2. The van der Waals surface area contributed by atoms with E-state index in [2.05, 4.69) is 15.3 Å². The minimum absolute atomic E-state index is 0.180. The molecule has 0 unspecified atom stereocenters. The Balaban J connectivity index is 1.88. The number of alkyl halides is 3. The third kappa shape index (κ3) is 3.23. The molecule has 0 amide bonds. The lowest BCUT2D eigenvalue weighted by Gasteiger charge is -2.14. The van der Waals surface area contributed by atoms with Crippen LogP contribution in [0.3, 0.4) is 0 Å². The Morgan fingerprint density at radius 2 is 1.91 bits per heavy atom. The second kappa shape index (κ2) is 5.83. The predicted molar refractivity (Wildman–Crippen MR) is 81.4 cm³/mol. The monoisotopic (exact) mass is 321 g/mol. The lowest BCUT2D eigenvalue weighted by Crippen LogP contribution is -2.12. The average molecular weight is 321 g/mol. The van der Waals surface area contributed by atoms with E-state index in [4.69, 9.17) is 4.74 Å². The van der Waals surface area contributed by atoms with E-state index in [1.807, 2.05) is 0 Å². The number of ether oxygens (including phenoxy) is 1. The number of rotatable bonds is 4. The number of aromatic amines is 1. The molecule has 0 aliphatic rings. The van der Waals surface area contributed by atoms with Crippen LogP contribution in [0.15, 0.2) is 42.6 Å². The van der Waals surface area contributed by atoms with Crippen molar-refractivity contribution in [3.8, 4) is 5.75 Å². The van der Waals surface area contributed by atoms with E-state index in [1.165, 1.54) is 0 Å². The van der Waals surface area contributed by atoms with Crippen LogP contribution in [0.5, 0.6) is 5.75 Å². The fourth-order valence-corrected chi connectivity index (χ4v) is 2.26. The number of anilines is 1. The largest absolute Gasteiger partial charge is 0.497 e. The van der Waals surface area contributed by atoms with E-state index >= 15 is 0 Å². The van der Waals surface area contributed by atoms with Gasteiger partial charge in [-0.2, -0.15) is 13.2 Å². The summed E-state index contributed by atoms with van der Waals surface area (Å²) < 4.78 is 44.6. The molecule has 0 spiro atoms. The van der Waals surface area contributed by atoms with Crippen LogP contribution in [0, 0.1) is 0 Å². The van der Waals surface area contributed by atoms with E-state index in [0.29, 0.717) is 16.8 Å². The van der Waals surface area contributed by atoms with Crippen molar-refractivity contribution < 1.29 is 17.9 Å². The van der Waals surface area contributed by atoms with Gasteiger partial charge in [0.25, 0.3) is 0 Å². The minimum Gasteiger partial charge on any atom is -0.497 e. The van der Waals surface area contributed by atoms with Gasteiger partial charge >= 0.3 is 6.18 Å². The van der Waals surface area contributed by atoms with Gasteiger partial charge in [-0.05, 0) is 29.8 Å². The van der Waals surface area contributed by atoms with Gasteiger partial charge in [0.2, 0.25) is 0 Å². The van der Waals surface area contributed by atoms with Crippen LogP contribution in [0.4, 0.5) is 19.0 Å².